The Balaban J connectivity index is 1.63. The second-order valence-corrected chi connectivity index (χ2v) is 8.71. The molecule has 1 heterocycles. The van der Waals surface area contributed by atoms with Gasteiger partial charge in [0.2, 0.25) is 0 Å². The first-order chi connectivity index (χ1) is 12.8. The van der Waals surface area contributed by atoms with Crippen LogP contribution in [0, 0.1) is 5.92 Å². The molecule has 0 unspecified atom stereocenters. The predicted octanol–water partition coefficient (Wildman–Crippen LogP) is 4.84. The molecule has 0 N–H and O–H groups in total. The number of rotatable bonds is 5. The minimum Gasteiger partial charge on any atom is -0.283 e. The lowest BCUT2D eigenvalue weighted by atomic mass is 9.91. The van der Waals surface area contributed by atoms with Gasteiger partial charge in [-0.05, 0) is 50.0 Å². The van der Waals surface area contributed by atoms with Crippen LogP contribution in [0.25, 0.3) is 0 Å². The summed E-state index contributed by atoms with van der Waals surface area (Å²) >= 11 is 1.81. The summed E-state index contributed by atoms with van der Waals surface area (Å²) in [6.07, 6.45) is 10.9. The Morgan fingerprint density at radius 1 is 1.00 bits per heavy atom. The van der Waals surface area contributed by atoms with Crippen molar-refractivity contribution in [1.82, 2.24) is 9.55 Å². The molecule has 2 aliphatic carbocycles. The van der Waals surface area contributed by atoms with Gasteiger partial charge in [-0.15, -0.1) is 0 Å². The molecule has 4 heteroatoms. The molecule has 1 fully saturated rings. The van der Waals surface area contributed by atoms with Gasteiger partial charge in [-0.25, -0.2) is 4.98 Å². The summed E-state index contributed by atoms with van der Waals surface area (Å²) in [6, 6.07) is 10.3. The average Bonchev–Trinajstić information content (AvgIpc) is 2.70. The summed E-state index contributed by atoms with van der Waals surface area (Å²) in [5, 5.41) is 0.935. The summed E-state index contributed by atoms with van der Waals surface area (Å²) in [4.78, 5) is 18.2. The van der Waals surface area contributed by atoms with Gasteiger partial charge in [0.15, 0.2) is 5.16 Å². The second-order valence-electron chi connectivity index (χ2n) is 7.72. The van der Waals surface area contributed by atoms with Crippen molar-refractivity contribution in [2.24, 2.45) is 5.92 Å². The molecule has 1 aromatic heterocycles. The third-order valence-electron chi connectivity index (χ3n) is 5.76. The first-order valence-electron chi connectivity index (χ1n) is 10.1. The van der Waals surface area contributed by atoms with Crippen LogP contribution in [-0.2, 0) is 19.4 Å². The highest BCUT2D eigenvalue weighted by atomic mass is 32.2. The van der Waals surface area contributed by atoms with E-state index in [1.807, 2.05) is 34.5 Å². The van der Waals surface area contributed by atoms with Crippen LogP contribution in [0.3, 0.4) is 0 Å². The molecule has 0 bridgehead atoms. The number of hydrogen-bond donors (Lipinski definition) is 0. The molecule has 138 valence electrons. The van der Waals surface area contributed by atoms with Crippen molar-refractivity contribution < 1.29 is 0 Å². The lowest BCUT2D eigenvalue weighted by Gasteiger charge is -2.23. The monoisotopic (exact) mass is 368 g/mol. The third kappa shape index (κ3) is 4.06. The van der Waals surface area contributed by atoms with Crippen LogP contribution in [-0.4, -0.2) is 15.3 Å². The van der Waals surface area contributed by atoms with Crippen molar-refractivity contribution in [1.29, 1.82) is 0 Å². The number of aryl methyl sites for hydroxylation is 1. The Hall–Kier alpha value is -1.55. The van der Waals surface area contributed by atoms with Gasteiger partial charge in [-0.3, -0.25) is 9.36 Å². The molecule has 0 atom stereocenters. The number of fused-ring (bicyclic) bond motifs is 1. The van der Waals surface area contributed by atoms with Crippen LogP contribution < -0.4 is 5.56 Å². The molecule has 0 spiro atoms. The smallest absolute Gasteiger partial charge is 0.257 e. The molecule has 0 aliphatic heterocycles. The van der Waals surface area contributed by atoms with E-state index in [4.69, 9.17) is 4.98 Å². The van der Waals surface area contributed by atoms with Crippen molar-refractivity contribution in [2.75, 3.05) is 5.75 Å². The minimum atomic E-state index is 0.199. The molecule has 0 saturated heterocycles. The quantitative estimate of drug-likeness (QED) is 0.559. The Labute approximate surface area is 160 Å². The maximum atomic E-state index is 13.2. The number of thioether (sulfide) groups is 1. The van der Waals surface area contributed by atoms with Gasteiger partial charge >= 0.3 is 0 Å². The van der Waals surface area contributed by atoms with Crippen molar-refractivity contribution in [3.63, 3.8) is 0 Å². The van der Waals surface area contributed by atoms with Crippen LogP contribution in [0.4, 0.5) is 0 Å². The predicted molar refractivity (Wildman–Crippen MR) is 108 cm³/mol. The van der Waals surface area contributed by atoms with E-state index in [1.165, 1.54) is 37.7 Å². The molecule has 1 saturated carbocycles. The van der Waals surface area contributed by atoms with E-state index >= 15 is 0 Å². The molecule has 2 aromatic rings. The summed E-state index contributed by atoms with van der Waals surface area (Å²) in [6.45, 7) is 0.632. The van der Waals surface area contributed by atoms with Crippen molar-refractivity contribution in [3.05, 3.63) is 57.5 Å². The zero-order valence-electron chi connectivity index (χ0n) is 15.5. The fraction of sp³-hybridized carbons (Fsp3) is 0.545. The van der Waals surface area contributed by atoms with E-state index in [2.05, 4.69) is 12.1 Å². The van der Waals surface area contributed by atoms with Gasteiger partial charge in [0.05, 0.1) is 12.2 Å². The zero-order valence-corrected chi connectivity index (χ0v) is 16.3. The van der Waals surface area contributed by atoms with Crippen molar-refractivity contribution >= 4 is 11.8 Å². The van der Waals surface area contributed by atoms with E-state index in [0.29, 0.717) is 6.54 Å². The standard InChI is InChI=1S/C22H28N2OS/c25-21-19-13-7-8-14-20(19)23-22(26-16-18-11-5-2-6-12-18)24(21)15-17-9-3-1-4-10-17/h1,3-4,9-10,18H,2,5-8,11-16H2. The summed E-state index contributed by atoms with van der Waals surface area (Å²) in [5.74, 6) is 1.88. The Morgan fingerprint density at radius 2 is 1.77 bits per heavy atom. The fourth-order valence-corrected chi connectivity index (χ4v) is 5.43. The minimum absolute atomic E-state index is 0.199. The molecular weight excluding hydrogens is 340 g/mol. The molecule has 2 aliphatic rings. The highest BCUT2D eigenvalue weighted by Crippen LogP contribution is 2.30. The molecule has 3 nitrogen and oxygen atoms in total. The number of hydrogen-bond acceptors (Lipinski definition) is 3. The topological polar surface area (TPSA) is 34.9 Å². The number of nitrogens with zero attached hydrogens (tertiary/aromatic N) is 2. The lowest BCUT2D eigenvalue weighted by molar-refractivity contribution is 0.390. The van der Waals surface area contributed by atoms with Crippen LogP contribution in [0.15, 0.2) is 40.3 Å². The normalized spacial score (nSPS) is 17.8. The van der Waals surface area contributed by atoms with Crippen molar-refractivity contribution in [3.8, 4) is 0 Å². The van der Waals surface area contributed by atoms with Crippen molar-refractivity contribution in [2.45, 2.75) is 69.5 Å². The number of aromatic nitrogens is 2. The van der Waals surface area contributed by atoms with E-state index in [9.17, 15) is 4.79 Å². The fourth-order valence-electron chi connectivity index (χ4n) is 4.23. The first-order valence-corrected chi connectivity index (χ1v) is 11.1. The Bertz CT molecular complexity index is 794. The van der Waals surface area contributed by atoms with E-state index < -0.39 is 0 Å². The Kier molecular flexibility index (Phi) is 5.78. The molecular formula is C22H28N2OS. The largest absolute Gasteiger partial charge is 0.283 e. The highest BCUT2D eigenvalue weighted by Gasteiger charge is 2.21. The van der Waals surface area contributed by atoms with Crippen LogP contribution in [0.2, 0.25) is 0 Å². The van der Waals surface area contributed by atoms with Gasteiger partial charge in [-0.2, -0.15) is 0 Å². The van der Waals surface area contributed by atoms with E-state index in [-0.39, 0.29) is 5.56 Å². The van der Waals surface area contributed by atoms with Gasteiger partial charge < -0.3 is 0 Å². The van der Waals surface area contributed by atoms with Gasteiger partial charge in [-0.1, -0.05) is 61.4 Å². The molecule has 0 amide bonds. The summed E-state index contributed by atoms with van der Waals surface area (Å²) in [7, 11) is 0. The summed E-state index contributed by atoms with van der Waals surface area (Å²) in [5.41, 5.74) is 3.40. The van der Waals surface area contributed by atoms with E-state index in [0.717, 1.165) is 53.8 Å². The number of benzene rings is 1. The lowest BCUT2D eigenvalue weighted by Crippen LogP contribution is -2.30. The van der Waals surface area contributed by atoms with Crippen LogP contribution in [0.1, 0.15) is 61.8 Å². The molecule has 1 aromatic carbocycles. The second kappa shape index (κ2) is 8.43. The maximum absolute atomic E-state index is 13.2. The van der Waals surface area contributed by atoms with Crippen LogP contribution in [0.5, 0.6) is 0 Å². The molecule has 0 radical (unpaired) electrons. The summed E-state index contributed by atoms with van der Waals surface area (Å²) < 4.78 is 1.94. The van der Waals surface area contributed by atoms with Gasteiger partial charge in [0.25, 0.3) is 5.56 Å². The first kappa shape index (κ1) is 17.8. The van der Waals surface area contributed by atoms with E-state index in [1.54, 1.807) is 0 Å². The SMILES string of the molecule is O=c1c2c(nc(SCC3CCCCC3)n1Cc1ccccc1)CCCC2. The van der Waals surface area contributed by atoms with Gasteiger partial charge in [0.1, 0.15) is 0 Å². The third-order valence-corrected chi connectivity index (χ3v) is 6.97. The molecule has 4 rings (SSSR count). The zero-order chi connectivity index (χ0) is 17.8. The molecule has 26 heavy (non-hydrogen) atoms. The average molecular weight is 369 g/mol. The Morgan fingerprint density at radius 3 is 2.58 bits per heavy atom. The van der Waals surface area contributed by atoms with Crippen LogP contribution >= 0.6 is 11.8 Å². The highest BCUT2D eigenvalue weighted by molar-refractivity contribution is 7.99. The van der Waals surface area contributed by atoms with Gasteiger partial charge in [0, 0.05) is 11.3 Å². The maximum Gasteiger partial charge on any atom is 0.257 e.